The summed E-state index contributed by atoms with van der Waals surface area (Å²) in [6, 6.07) is 0. The van der Waals surface area contributed by atoms with E-state index in [1.165, 1.54) is 23.7 Å². The molecule has 0 aliphatic carbocycles. The molecule has 0 saturated carbocycles. The Balaban J connectivity index is 4.32. The molecule has 0 amide bonds. The average molecular weight is 210 g/mol. The van der Waals surface area contributed by atoms with Gasteiger partial charge < -0.3 is 0 Å². The number of rotatable bonds is 0. The Labute approximate surface area is 75.3 Å². The zero-order chi connectivity index (χ0) is 11.2. The summed E-state index contributed by atoms with van der Waals surface area (Å²) in [6.07, 6.45) is -9.40. The Kier molecular flexibility index (Phi) is 3.93. The Morgan fingerprint density at radius 1 is 0.500 bits per heavy atom. The molecule has 0 aliphatic heterocycles. The molecule has 0 aromatic carbocycles. The van der Waals surface area contributed by atoms with E-state index in [2.05, 4.69) is 0 Å². The highest BCUT2D eigenvalue weighted by molar-refractivity contribution is 5.36. The van der Waals surface area contributed by atoms with Crippen LogP contribution in [0.3, 0.4) is 0 Å². The summed E-state index contributed by atoms with van der Waals surface area (Å²) >= 11 is 0. The van der Waals surface area contributed by atoms with E-state index in [-0.39, 0.29) is 0 Å². The van der Waals surface area contributed by atoms with Gasteiger partial charge in [0, 0.05) is 11.8 Å². The van der Waals surface area contributed by atoms with E-state index in [0.29, 0.717) is 0 Å². The molecule has 0 unspecified atom stereocenters. The van der Waals surface area contributed by atoms with Gasteiger partial charge in [-0.05, 0) is 23.7 Å². The van der Waals surface area contributed by atoms with Gasteiger partial charge in [-0.1, -0.05) is 0 Å². The monoisotopic (exact) mass is 210 g/mol. The van der Waals surface area contributed by atoms with Crippen LogP contribution < -0.4 is 0 Å². The maximum atomic E-state index is 11.3. The number of alkyl halides is 6. The van der Waals surface area contributed by atoms with Crippen LogP contribution in [-0.2, 0) is 0 Å². The fraction of sp³-hybridized carbons (Fsp3) is 0.250. The van der Waals surface area contributed by atoms with Crippen molar-refractivity contribution in [3.63, 3.8) is 0 Å². The zero-order valence-corrected chi connectivity index (χ0v) is 6.27. The summed E-state index contributed by atoms with van der Waals surface area (Å²) in [5.41, 5.74) is 0. The standard InChI is InChI=1S/C8F6/c9-7(10,11)5-3-1-2-4-6-8(12,13)14. The molecule has 74 valence electrons. The number of hydrogen-bond acceptors (Lipinski definition) is 0. The van der Waals surface area contributed by atoms with Crippen LogP contribution in [0.15, 0.2) is 0 Å². The summed E-state index contributed by atoms with van der Waals surface area (Å²) in [5, 5.41) is 0. The lowest BCUT2D eigenvalue weighted by molar-refractivity contribution is -0.0706. The van der Waals surface area contributed by atoms with Gasteiger partial charge in [0.05, 0.1) is 0 Å². The lowest BCUT2D eigenvalue weighted by atomic mass is 10.5. The van der Waals surface area contributed by atoms with Crippen molar-refractivity contribution in [2.24, 2.45) is 0 Å². The van der Waals surface area contributed by atoms with Crippen molar-refractivity contribution in [3.05, 3.63) is 0 Å². The van der Waals surface area contributed by atoms with Crippen molar-refractivity contribution < 1.29 is 26.3 Å². The van der Waals surface area contributed by atoms with Crippen molar-refractivity contribution in [2.75, 3.05) is 0 Å². The van der Waals surface area contributed by atoms with Crippen LogP contribution in [0.25, 0.3) is 0 Å². The van der Waals surface area contributed by atoms with Crippen molar-refractivity contribution in [1.82, 2.24) is 0 Å². The third kappa shape index (κ3) is 10.3. The maximum Gasteiger partial charge on any atom is 0.458 e. The fourth-order valence-corrected chi connectivity index (χ4v) is 0.267. The van der Waals surface area contributed by atoms with Crippen LogP contribution in [0, 0.1) is 35.5 Å². The summed E-state index contributed by atoms with van der Waals surface area (Å²) in [4.78, 5) is 0. The van der Waals surface area contributed by atoms with Crippen LogP contribution in [0.4, 0.5) is 26.3 Å². The highest BCUT2D eigenvalue weighted by atomic mass is 19.4. The van der Waals surface area contributed by atoms with Gasteiger partial charge in [0.1, 0.15) is 0 Å². The predicted molar refractivity (Wildman–Crippen MR) is 35.4 cm³/mol. The van der Waals surface area contributed by atoms with Crippen LogP contribution in [0.1, 0.15) is 0 Å². The summed E-state index contributed by atoms with van der Waals surface area (Å²) in [7, 11) is 0. The van der Waals surface area contributed by atoms with Crippen molar-refractivity contribution >= 4 is 0 Å². The van der Waals surface area contributed by atoms with E-state index >= 15 is 0 Å². The molecule has 0 heterocycles. The van der Waals surface area contributed by atoms with E-state index in [9.17, 15) is 26.3 Å². The summed E-state index contributed by atoms with van der Waals surface area (Å²) in [6.45, 7) is 0. The Bertz CT molecular complexity index is 328. The van der Waals surface area contributed by atoms with Gasteiger partial charge in [0.25, 0.3) is 0 Å². The third-order valence-corrected chi connectivity index (χ3v) is 0.596. The minimum Gasteiger partial charge on any atom is -0.159 e. The molecule has 0 nitrogen and oxygen atoms in total. The predicted octanol–water partition coefficient (Wildman–Crippen LogP) is 2.12. The minimum atomic E-state index is -4.70. The molecule has 6 heteroatoms. The first-order chi connectivity index (χ1) is 6.21. The van der Waals surface area contributed by atoms with Crippen LogP contribution in [-0.4, -0.2) is 12.4 Å². The second-order valence-electron chi connectivity index (χ2n) is 1.75. The topological polar surface area (TPSA) is 0 Å². The Morgan fingerprint density at radius 3 is 1.00 bits per heavy atom. The van der Waals surface area contributed by atoms with E-state index < -0.39 is 12.4 Å². The fourth-order valence-electron chi connectivity index (χ4n) is 0.267. The van der Waals surface area contributed by atoms with Gasteiger partial charge in [0.15, 0.2) is 0 Å². The van der Waals surface area contributed by atoms with Gasteiger partial charge in [-0.15, -0.1) is 0 Å². The van der Waals surface area contributed by atoms with Crippen LogP contribution in [0.2, 0.25) is 0 Å². The van der Waals surface area contributed by atoms with Crippen molar-refractivity contribution in [1.29, 1.82) is 0 Å². The SMILES string of the molecule is FC(F)(F)C#CC#CC#CC(F)(F)F. The molecule has 0 bridgehead atoms. The normalized spacial score (nSPS) is 9.86. The lowest BCUT2D eigenvalue weighted by Gasteiger charge is -1.89. The first kappa shape index (κ1) is 12.3. The van der Waals surface area contributed by atoms with Crippen molar-refractivity contribution in [2.45, 2.75) is 12.4 Å². The molecular weight excluding hydrogens is 210 g/mol. The van der Waals surface area contributed by atoms with Gasteiger partial charge in [0.2, 0.25) is 0 Å². The maximum absolute atomic E-state index is 11.3. The molecule has 0 radical (unpaired) electrons. The van der Waals surface area contributed by atoms with Crippen LogP contribution in [0.5, 0.6) is 0 Å². The first-order valence-electron chi connectivity index (χ1n) is 2.88. The van der Waals surface area contributed by atoms with E-state index in [0.717, 1.165) is 11.8 Å². The van der Waals surface area contributed by atoms with E-state index in [1.54, 1.807) is 0 Å². The lowest BCUT2D eigenvalue weighted by Crippen LogP contribution is -2.01. The smallest absolute Gasteiger partial charge is 0.159 e. The Hall–Kier alpha value is -1.74. The molecule has 0 aromatic heterocycles. The second-order valence-corrected chi connectivity index (χ2v) is 1.75. The van der Waals surface area contributed by atoms with Gasteiger partial charge in [-0.3, -0.25) is 0 Å². The summed E-state index contributed by atoms with van der Waals surface area (Å²) < 4.78 is 67.8. The quantitative estimate of drug-likeness (QED) is 0.424. The summed E-state index contributed by atoms with van der Waals surface area (Å²) in [5.74, 6) is 7.12. The van der Waals surface area contributed by atoms with Gasteiger partial charge >= 0.3 is 12.4 Å². The second kappa shape index (κ2) is 4.48. The molecule has 0 atom stereocenters. The van der Waals surface area contributed by atoms with E-state index in [4.69, 9.17) is 0 Å². The van der Waals surface area contributed by atoms with E-state index in [1.807, 2.05) is 0 Å². The molecule has 0 fully saturated rings. The van der Waals surface area contributed by atoms with Crippen LogP contribution >= 0.6 is 0 Å². The Morgan fingerprint density at radius 2 is 0.786 bits per heavy atom. The highest BCUT2D eigenvalue weighted by Crippen LogP contribution is 2.11. The first-order valence-corrected chi connectivity index (χ1v) is 2.88. The molecular formula is C8F6. The largest absolute Gasteiger partial charge is 0.458 e. The molecule has 0 saturated heterocycles. The minimum absolute atomic E-state index is 0.747. The van der Waals surface area contributed by atoms with Crippen molar-refractivity contribution in [3.8, 4) is 35.5 Å². The van der Waals surface area contributed by atoms with Gasteiger partial charge in [-0.2, -0.15) is 26.3 Å². The number of halogens is 6. The molecule has 0 N–H and O–H groups in total. The molecule has 0 spiro atoms. The average Bonchev–Trinajstić information content (AvgIpc) is 1.92. The molecule has 0 rings (SSSR count). The zero-order valence-electron chi connectivity index (χ0n) is 6.27. The molecule has 0 aliphatic rings. The molecule has 14 heavy (non-hydrogen) atoms. The number of hydrogen-bond donors (Lipinski definition) is 0. The third-order valence-electron chi connectivity index (χ3n) is 0.596. The highest BCUT2D eigenvalue weighted by Gasteiger charge is 2.23. The van der Waals surface area contributed by atoms with Gasteiger partial charge in [-0.25, -0.2) is 0 Å². The molecule has 0 aromatic rings.